The van der Waals surface area contributed by atoms with Crippen molar-refractivity contribution in [3.05, 3.63) is 58.8 Å². The third-order valence-electron chi connectivity index (χ3n) is 2.91. The first kappa shape index (κ1) is 16.8. The van der Waals surface area contributed by atoms with Gasteiger partial charge in [0.2, 0.25) is 0 Å². The fourth-order valence-corrected chi connectivity index (χ4v) is 2.38. The Morgan fingerprint density at radius 1 is 1.33 bits per heavy atom. The van der Waals surface area contributed by atoms with E-state index in [1.807, 2.05) is 11.4 Å². The number of hydrogen-bond donors (Lipinski definition) is 0. The van der Waals surface area contributed by atoms with E-state index in [2.05, 4.69) is 13.2 Å². The molecule has 0 fully saturated rings. The molecule has 21 heavy (non-hydrogen) atoms. The first-order valence-electron chi connectivity index (χ1n) is 6.31. The van der Waals surface area contributed by atoms with E-state index in [4.69, 9.17) is 0 Å². The van der Waals surface area contributed by atoms with Crippen LogP contribution in [0.3, 0.4) is 0 Å². The number of thiophene rings is 1. The molecule has 4 nitrogen and oxygen atoms in total. The molecule has 1 amide bonds. The Hall–Kier alpha value is -2.27. The van der Waals surface area contributed by atoms with Crippen molar-refractivity contribution in [3.63, 3.8) is 0 Å². The van der Waals surface area contributed by atoms with Gasteiger partial charge < -0.3 is 4.90 Å². The first-order chi connectivity index (χ1) is 10.0. The second-order valence-corrected chi connectivity index (χ2v) is 5.22. The molecule has 1 aromatic heterocycles. The quantitative estimate of drug-likeness (QED) is 0.321. The van der Waals surface area contributed by atoms with Gasteiger partial charge in [0, 0.05) is 31.2 Å². The zero-order chi connectivity index (χ0) is 15.8. The van der Waals surface area contributed by atoms with Crippen molar-refractivity contribution >= 4 is 29.3 Å². The highest BCUT2D eigenvalue weighted by molar-refractivity contribution is 7.12. The average molecular weight is 303 g/mol. The molecule has 1 aromatic rings. The van der Waals surface area contributed by atoms with Gasteiger partial charge in [-0.3, -0.25) is 14.4 Å². The van der Waals surface area contributed by atoms with Crippen molar-refractivity contribution in [1.82, 2.24) is 4.90 Å². The second-order valence-electron chi connectivity index (χ2n) is 4.27. The van der Waals surface area contributed by atoms with Crippen LogP contribution >= 0.6 is 11.3 Å². The lowest BCUT2D eigenvalue weighted by atomic mass is 10.1. The third-order valence-corrected chi connectivity index (χ3v) is 3.82. The molecule has 5 heteroatoms. The maximum Gasteiger partial charge on any atom is 0.254 e. The molecule has 0 saturated carbocycles. The van der Waals surface area contributed by atoms with Gasteiger partial charge in [0.05, 0.1) is 4.88 Å². The second kappa shape index (κ2) is 8.11. The molecule has 0 spiro atoms. The summed E-state index contributed by atoms with van der Waals surface area (Å²) in [6.07, 6.45) is 3.43. The summed E-state index contributed by atoms with van der Waals surface area (Å²) in [4.78, 5) is 37.1. The van der Waals surface area contributed by atoms with Crippen LogP contribution in [0.2, 0.25) is 0 Å². The molecule has 0 aromatic carbocycles. The van der Waals surface area contributed by atoms with Crippen molar-refractivity contribution in [2.24, 2.45) is 0 Å². The lowest BCUT2D eigenvalue weighted by molar-refractivity contribution is -0.125. The number of carbonyl (C=O) groups is 3. The van der Waals surface area contributed by atoms with E-state index in [0.29, 0.717) is 11.2 Å². The topological polar surface area (TPSA) is 54.5 Å². The Kier molecular flexibility index (Phi) is 6.49. The summed E-state index contributed by atoms with van der Waals surface area (Å²) in [5.41, 5.74) is 0.373. The van der Waals surface area contributed by atoms with E-state index in [-0.39, 0.29) is 35.8 Å². The van der Waals surface area contributed by atoms with E-state index in [0.717, 1.165) is 0 Å². The molecular formula is C16H17NO3S. The summed E-state index contributed by atoms with van der Waals surface area (Å²) in [7, 11) is 1.58. The van der Waals surface area contributed by atoms with E-state index < -0.39 is 0 Å². The van der Waals surface area contributed by atoms with Crippen LogP contribution in [0.5, 0.6) is 0 Å². The SMILES string of the molecule is C=C/C(C=O)=C(\C=C)C(=O)N(C)CCC(=O)c1cccs1. The van der Waals surface area contributed by atoms with Crippen LogP contribution in [0.4, 0.5) is 0 Å². The number of Topliss-reactive ketones (excluding diaryl/α,β-unsaturated/α-hetero) is 1. The van der Waals surface area contributed by atoms with E-state index >= 15 is 0 Å². The van der Waals surface area contributed by atoms with Gasteiger partial charge in [-0.2, -0.15) is 0 Å². The molecule has 0 saturated heterocycles. The summed E-state index contributed by atoms with van der Waals surface area (Å²) in [6, 6.07) is 3.57. The molecule has 0 N–H and O–H groups in total. The molecule has 0 aliphatic carbocycles. The molecule has 0 atom stereocenters. The van der Waals surface area contributed by atoms with Crippen molar-refractivity contribution in [1.29, 1.82) is 0 Å². The summed E-state index contributed by atoms with van der Waals surface area (Å²) >= 11 is 1.38. The highest BCUT2D eigenvalue weighted by Gasteiger charge is 2.17. The Labute approximate surface area is 128 Å². The van der Waals surface area contributed by atoms with Crippen LogP contribution < -0.4 is 0 Å². The van der Waals surface area contributed by atoms with Crippen LogP contribution in [0.1, 0.15) is 16.1 Å². The van der Waals surface area contributed by atoms with E-state index in [9.17, 15) is 14.4 Å². The molecule has 1 rings (SSSR count). The number of aldehydes is 1. The number of hydrogen-bond acceptors (Lipinski definition) is 4. The minimum atomic E-state index is -0.356. The number of amides is 1. The molecule has 110 valence electrons. The molecule has 0 radical (unpaired) electrons. The number of allylic oxidation sites excluding steroid dienone is 2. The van der Waals surface area contributed by atoms with E-state index in [1.165, 1.54) is 28.4 Å². The van der Waals surface area contributed by atoms with Gasteiger partial charge in [0.25, 0.3) is 5.91 Å². The molecule has 0 aliphatic heterocycles. The van der Waals surface area contributed by atoms with Crippen LogP contribution in [0.25, 0.3) is 0 Å². The number of nitrogens with zero attached hydrogens (tertiary/aromatic N) is 1. The smallest absolute Gasteiger partial charge is 0.254 e. The summed E-state index contributed by atoms with van der Waals surface area (Å²) in [5, 5.41) is 1.83. The fourth-order valence-electron chi connectivity index (χ4n) is 1.69. The van der Waals surface area contributed by atoms with Gasteiger partial charge >= 0.3 is 0 Å². The monoisotopic (exact) mass is 303 g/mol. The number of ketones is 1. The van der Waals surface area contributed by atoms with Gasteiger partial charge in [-0.25, -0.2) is 0 Å². The zero-order valence-electron chi connectivity index (χ0n) is 11.9. The van der Waals surface area contributed by atoms with Crippen LogP contribution in [-0.2, 0) is 9.59 Å². The molecule has 0 bridgehead atoms. The van der Waals surface area contributed by atoms with Gasteiger partial charge in [0.15, 0.2) is 12.1 Å². The Morgan fingerprint density at radius 2 is 2.05 bits per heavy atom. The third kappa shape index (κ3) is 4.36. The molecule has 0 aliphatic rings. The lowest BCUT2D eigenvalue weighted by Gasteiger charge is -2.17. The molecular weight excluding hydrogens is 286 g/mol. The van der Waals surface area contributed by atoms with Crippen LogP contribution in [-0.4, -0.2) is 36.5 Å². The normalized spacial score (nSPS) is 11.3. The minimum absolute atomic E-state index is 0.00638. The fraction of sp³-hybridized carbons (Fsp3) is 0.188. The van der Waals surface area contributed by atoms with Crippen molar-refractivity contribution in [2.75, 3.05) is 13.6 Å². The first-order valence-corrected chi connectivity index (χ1v) is 7.19. The highest BCUT2D eigenvalue weighted by atomic mass is 32.1. The van der Waals surface area contributed by atoms with Crippen molar-refractivity contribution in [2.45, 2.75) is 6.42 Å². The Bertz CT molecular complexity index is 575. The van der Waals surface area contributed by atoms with Crippen LogP contribution in [0.15, 0.2) is 54.0 Å². The zero-order valence-corrected chi connectivity index (χ0v) is 12.7. The number of rotatable bonds is 8. The Balaban J connectivity index is 2.72. The predicted molar refractivity (Wildman–Crippen MR) is 84.4 cm³/mol. The lowest BCUT2D eigenvalue weighted by Crippen LogP contribution is -2.30. The summed E-state index contributed by atoms with van der Waals surface area (Å²) in [6.45, 7) is 7.30. The number of likely N-dealkylation sites (N-methyl/N-ethyl adjacent to an activating group) is 1. The molecule has 0 unspecified atom stereocenters. The van der Waals surface area contributed by atoms with Crippen molar-refractivity contribution in [3.8, 4) is 0 Å². The van der Waals surface area contributed by atoms with Gasteiger partial charge in [-0.05, 0) is 11.4 Å². The standard InChI is InChI=1S/C16H17NO3S/c1-4-12(11-18)13(5-2)16(20)17(3)9-8-14(19)15-7-6-10-21-15/h4-7,10-11H,1-2,8-9H2,3H3/b13-12-. The highest BCUT2D eigenvalue weighted by Crippen LogP contribution is 2.13. The summed E-state index contributed by atoms with van der Waals surface area (Å²) in [5.74, 6) is -0.362. The largest absolute Gasteiger partial charge is 0.341 e. The minimum Gasteiger partial charge on any atom is -0.341 e. The number of carbonyl (C=O) groups excluding carboxylic acids is 3. The van der Waals surface area contributed by atoms with Gasteiger partial charge in [-0.1, -0.05) is 31.4 Å². The predicted octanol–water partition coefficient (Wildman–Crippen LogP) is 2.65. The van der Waals surface area contributed by atoms with Crippen LogP contribution in [0, 0.1) is 0 Å². The summed E-state index contributed by atoms with van der Waals surface area (Å²) < 4.78 is 0. The van der Waals surface area contributed by atoms with Gasteiger partial charge in [0.1, 0.15) is 0 Å². The van der Waals surface area contributed by atoms with Gasteiger partial charge in [-0.15, -0.1) is 11.3 Å². The maximum absolute atomic E-state index is 12.2. The maximum atomic E-state index is 12.2. The van der Waals surface area contributed by atoms with E-state index in [1.54, 1.807) is 13.1 Å². The average Bonchev–Trinajstić information content (AvgIpc) is 3.03. The van der Waals surface area contributed by atoms with Crippen molar-refractivity contribution < 1.29 is 14.4 Å². The Morgan fingerprint density at radius 3 is 2.52 bits per heavy atom. The molecule has 1 heterocycles.